The van der Waals surface area contributed by atoms with Gasteiger partial charge in [0.1, 0.15) is 0 Å². The molecule has 92 valence electrons. The Morgan fingerprint density at radius 3 is 2.71 bits per heavy atom. The van der Waals surface area contributed by atoms with Gasteiger partial charge in [0, 0.05) is 18.4 Å². The van der Waals surface area contributed by atoms with Crippen LogP contribution in [0.3, 0.4) is 0 Å². The summed E-state index contributed by atoms with van der Waals surface area (Å²) in [5.41, 5.74) is 7.95. The normalized spacial score (nSPS) is 11.1. The Hall–Kier alpha value is -1.44. The monoisotopic (exact) mass is 230 g/mol. The molecule has 0 bridgehead atoms. The van der Waals surface area contributed by atoms with Crippen LogP contribution in [0.5, 0.6) is 0 Å². The zero-order valence-corrected chi connectivity index (χ0v) is 10.7. The molecule has 0 radical (unpaired) electrons. The molecule has 1 aromatic carbocycles. The first-order valence-electron chi connectivity index (χ1n) is 6.65. The lowest BCUT2D eigenvalue weighted by Gasteiger charge is -2.05. The third-order valence-corrected chi connectivity index (χ3v) is 3.30. The predicted octanol–water partition coefficient (Wildman–Crippen LogP) is 4.19. The van der Waals surface area contributed by atoms with Crippen LogP contribution in [-0.4, -0.2) is 4.57 Å². The summed E-state index contributed by atoms with van der Waals surface area (Å²) in [5, 5.41) is 1.28. The molecular formula is C15H22N2. The van der Waals surface area contributed by atoms with Crippen molar-refractivity contribution in [3.63, 3.8) is 0 Å². The largest absolute Gasteiger partial charge is 0.399 e. The summed E-state index contributed by atoms with van der Waals surface area (Å²) in [5.74, 6) is 0. The molecule has 0 atom stereocenters. The molecule has 1 aromatic heterocycles. The topological polar surface area (TPSA) is 30.9 Å². The van der Waals surface area contributed by atoms with Gasteiger partial charge in [0.2, 0.25) is 0 Å². The molecule has 0 saturated carbocycles. The number of nitrogen functional groups attached to an aromatic ring is 1. The standard InChI is InChI=1S/C15H22N2/c1-2-3-4-5-6-10-17-11-9-13-7-8-14(16)12-15(13)17/h7-9,11-12H,2-6,10,16H2,1H3. The van der Waals surface area contributed by atoms with E-state index in [9.17, 15) is 0 Å². The number of nitrogens with two attached hydrogens (primary N) is 1. The molecule has 17 heavy (non-hydrogen) atoms. The third kappa shape index (κ3) is 3.02. The molecule has 2 rings (SSSR count). The van der Waals surface area contributed by atoms with Crippen molar-refractivity contribution in [3.8, 4) is 0 Å². The molecule has 0 aliphatic carbocycles. The fraction of sp³-hybridized carbons (Fsp3) is 0.467. The number of anilines is 1. The van der Waals surface area contributed by atoms with E-state index in [2.05, 4.69) is 35.9 Å². The lowest BCUT2D eigenvalue weighted by molar-refractivity contribution is 0.577. The molecule has 1 heterocycles. The lowest BCUT2D eigenvalue weighted by atomic mass is 10.1. The first-order chi connectivity index (χ1) is 8.31. The number of rotatable bonds is 6. The minimum atomic E-state index is 0.850. The van der Waals surface area contributed by atoms with Gasteiger partial charge in [-0.2, -0.15) is 0 Å². The average molecular weight is 230 g/mol. The SMILES string of the molecule is CCCCCCCn1ccc2ccc(N)cc21. The van der Waals surface area contributed by atoms with Gasteiger partial charge in [0.25, 0.3) is 0 Å². The van der Waals surface area contributed by atoms with Crippen molar-refractivity contribution < 1.29 is 0 Å². The maximum atomic E-state index is 5.83. The molecule has 0 aliphatic heterocycles. The third-order valence-electron chi connectivity index (χ3n) is 3.30. The molecule has 0 saturated heterocycles. The number of unbranched alkanes of at least 4 members (excludes halogenated alkanes) is 4. The highest BCUT2D eigenvalue weighted by Crippen LogP contribution is 2.19. The number of aryl methyl sites for hydroxylation is 1. The van der Waals surface area contributed by atoms with Crippen LogP contribution >= 0.6 is 0 Å². The van der Waals surface area contributed by atoms with E-state index in [0.29, 0.717) is 0 Å². The van der Waals surface area contributed by atoms with Crippen LogP contribution in [-0.2, 0) is 6.54 Å². The van der Waals surface area contributed by atoms with Gasteiger partial charge in [-0.3, -0.25) is 0 Å². The van der Waals surface area contributed by atoms with E-state index in [1.54, 1.807) is 0 Å². The van der Waals surface area contributed by atoms with Crippen LogP contribution in [0, 0.1) is 0 Å². The van der Waals surface area contributed by atoms with E-state index in [1.165, 1.54) is 43.0 Å². The van der Waals surface area contributed by atoms with E-state index < -0.39 is 0 Å². The van der Waals surface area contributed by atoms with Gasteiger partial charge in [-0.15, -0.1) is 0 Å². The minimum absolute atomic E-state index is 0.850. The Labute approximate surface area is 103 Å². The molecule has 0 spiro atoms. The Morgan fingerprint density at radius 2 is 1.88 bits per heavy atom. The van der Waals surface area contributed by atoms with Gasteiger partial charge in [0.05, 0.1) is 5.52 Å². The minimum Gasteiger partial charge on any atom is -0.399 e. The maximum absolute atomic E-state index is 5.83. The second-order valence-electron chi connectivity index (χ2n) is 4.74. The molecule has 0 fully saturated rings. The van der Waals surface area contributed by atoms with E-state index in [-0.39, 0.29) is 0 Å². The van der Waals surface area contributed by atoms with Gasteiger partial charge < -0.3 is 10.3 Å². The summed E-state index contributed by atoms with van der Waals surface area (Å²) in [6.45, 7) is 3.36. The number of benzene rings is 1. The second-order valence-corrected chi connectivity index (χ2v) is 4.74. The Balaban J connectivity index is 1.96. The predicted molar refractivity (Wildman–Crippen MR) is 75.1 cm³/mol. The molecule has 2 heteroatoms. The number of hydrogen-bond acceptors (Lipinski definition) is 1. The van der Waals surface area contributed by atoms with Gasteiger partial charge in [0.15, 0.2) is 0 Å². The number of nitrogens with zero attached hydrogens (tertiary/aromatic N) is 1. The van der Waals surface area contributed by atoms with Gasteiger partial charge in [-0.05, 0) is 30.0 Å². The fourth-order valence-corrected chi connectivity index (χ4v) is 2.28. The highest BCUT2D eigenvalue weighted by molar-refractivity contribution is 5.83. The number of hydrogen-bond donors (Lipinski definition) is 1. The summed E-state index contributed by atoms with van der Waals surface area (Å²) >= 11 is 0. The van der Waals surface area contributed by atoms with Crippen molar-refractivity contribution in [1.29, 1.82) is 0 Å². The Kier molecular flexibility index (Phi) is 4.08. The molecule has 0 unspecified atom stereocenters. The van der Waals surface area contributed by atoms with E-state index in [1.807, 2.05) is 6.07 Å². The van der Waals surface area contributed by atoms with Crippen molar-refractivity contribution in [1.82, 2.24) is 4.57 Å². The second kappa shape index (κ2) is 5.76. The highest BCUT2D eigenvalue weighted by Gasteiger charge is 2.00. The van der Waals surface area contributed by atoms with E-state index in [4.69, 9.17) is 5.73 Å². The maximum Gasteiger partial charge on any atom is 0.0500 e. The van der Waals surface area contributed by atoms with Crippen LogP contribution in [0.15, 0.2) is 30.5 Å². The summed E-state index contributed by atoms with van der Waals surface area (Å²) in [6.07, 6.45) is 8.79. The summed E-state index contributed by atoms with van der Waals surface area (Å²) in [4.78, 5) is 0. The zero-order chi connectivity index (χ0) is 12.1. The lowest BCUT2D eigenvalue weighted by Crippen LogP contribution is -1.96. The molecule has 2 aromatic rings. The van der Waals surface area contributed by atoms with E-state index >= 15 is 0 Å². The summed E-state index contributed by atoms with van der Waals surface area (Å²) in [7, 11) is 0. The van der Waals surface area contributed by atoms with Crippen LogP contribution in [0.4, 0.5) is 5.69 Å². The molecular weight excluding hydrogens is 208 g/mol. The molecule has 0 amide bonds. The first kappa shape index (κ1) is 12.0. The fourth-order valence-electron chi connectivity index (χ4n) is 2.28. The smallest absolute Gasteiger partial charge is 0.0500 e. The van der Waals surface area contributed by atoms with Crippen molar-refractivity contribution >= 4 is 16.6 Å². The summed E-state index contributed by atoms with van der Waals surface area (Å²) < 4.78 is 2.32. The average Bonchev–Trinajstić information content (AvgIpc) is 2.72. The van der Waals surface area contributed by atoms with E-state index in [0.717, 1.165) is 12.2 Å². The van der Waals surface area contributed by atoms with Crippen molar-refractivity contribution in [3.05, 3.63) is 30.5 Å². The quantitative estimate of drug-likeness (QED) is 0.585. The molecule has 2 N–H and O–H groups in total. The van der Waals surface area contributed by atoms with Crippen LogP contribution in [0.1, 0.15) is 39.0 Å². The number of fused-ring (bicyclic) bond motifs is 1. The Bertz CT molecular complexity index is 471. The van der Waals surface area contributed by atoms with Crippen LogP contribution in [0.25, 0.3) is 10.9 Å². The Morgan fingerprint density at radius 1 is 1.06 bits per heavy atom. The van der Waals surface area contributed by atoms with Gasteiger partial charge >= 0.3 is 0 Å². The number of aromatic nitrogens is 1. The van der Waals surface area contributed by atoms with Crippen LogP contribution < -0.4 is 5.73 Å². The molecule has 0 aliphatic rings. The van der Waals surface area contributed by atoms with Gasteiger partial charge in [-0.25, -0.2) is 0 Å². The van der Waals surface area contributed by atoms with Crippen LogP contribution in [0.2, 0.25) is 0 Å². The summed E-state index contributed by atoms with van der Waals surface area (Å²) in [6, 6.07) is 8.30. The van der Waals surface area contributed by atoms with Crippen molar-refractivity contribution in [2.45, 2.75) is 45.6 Å². The zero-order valence-electron chi connectivity index (χ0n) is 10.7. The van der Waals surface area contributed by atoms with Crippen molar-refractivity contribution in [2.75, 3.05) is 5.73 Å². The molecule has 2 nitrogen and oxygen atoms in total. The highest BCUT2D eigenvalue weighted by atomic mass is 14.9. The first-order valence-corrected chi connectivity index (χ1v) is 6.65. The van der Waals surface area contributed by atoms with Crippen molar-refractivity contribution in [2.24, 2.45) is 0 Å². The van der Waals surface area contributed by atoms with Gasteiger partial charge in [-0.1, -0.05) is 38.7 Å².